The van der Waals surface area contributed by atoms with E-state index in [1.54, 1.807) is 37.4 Å². The monoisotopic (exact) mass is 455 g/mol. The van der Waals surface area contributed by atoms with Crippen LogP contribution in [0.25, 0.3) is 11.3 Å². The third kappa shape index (κ3) is 4.78. The van der Waals surface area contributed by atoms with Gasteiger partial charge in [-0.25, -0.2) is 23.4 Å². The van der Waals surface area contributed by atoms with Crippen molar-refractivity contribution in [2.75, 3.05) is 30.1 Å². The molecule has 166 valence electrons. The summed E-state index contributed by atoms with van der Waals surface area (Å²) in [6.07, 6.45) is 2.66. The Bertz CT molecular complexity index is 1310. The van der Waals surface area contributed by atoms with E-state index in [0.29, 0.717) is 53.4 Å². The molecule has 1 amide bonds. The molecule has 0 aliphatic carbocycles. The number of fused-ring (bicyclic) bond motifs is 1. The van der Waals surface area contributed by atoms with Gasteiger partial charge in [0, 0.05) is 31.0 Å². The minimum Gasteiger partial charge on any atom is -0.484 e. The van der Waals surface area contributed by atoms with Crippen molar-refractivity contribution < 1.29 is 22.7 Å². The summed E-state index contributed by atoms with van der Waals surface area (Å²) in [6, 6.07) is 8.36. The van der Waals surface area contributed by atoms with Gasteiger partial charge >= 0.3 is 0 Å². The molecule has 0 fully saturated rings. The van der Waals surface area contributed by atoms with Gasteiger partial charge in [-0.2, -0.15) is 0 Å². The number of pyridine rings is 3. The molecule has 10 nitrogen and oxygen atoms in total. The number of rotatable bonds is 5. The zero-order chi connectivity index (χ0) is 22.9. The topological polar surface area (TPSA) is 132 Å². The Morgan fingerprint density at radius 1 is 1.06 bits per heavy atom. The minimum absolute atomic E-state index is 0.0462. The molecule has 2 N–H and O–H groups in total. The number of aryl methyl sites for hydroxylation is 1. The second kappa shape index (κ2) is 8.42. The number of anilines is 3. The van der Waals surface area contributed by atoms with E-state index in [4.69, 9.17) is 9.47 Å². The fourth-order valence-corrected chi connectivity index (χ4v) is 3.78. The maximum atomic E-state index is 12.0. The highest BCUT2D eigenvalue weighted by Crippen LogP contribution is 2.35. The Balaban J connectivity index is 1.79. The second-order valence-electron chi connectivity index (χ2n) is 7.26. The van der Waals surface area contributed by atoms with Crippen molar-refractivity contribution in [1.29, 1.82) is 0 Å². The lowest BCUT2D eigenvalue weighted by atomic mass is 10.1. The summed E-state index contributed by atoms with van der Waals surface area (Å²) < 4.78 is 35.1. The van der Waals surface area contributed by atoms with E-state index in [0.717, 1.165) is 11.8 Å². The van der Waals surface area contributed by atoms with Gasteiger partial charge in [-0.05, 0) is 36.8 Å². The zero-order valence-corrected chi connectivity index (χ0v) is 18.5. The van der Waals surface area contributed by atoms with Gasteiger partial charge in [-0.1, -0.05) is 0 Å². The van der Waals surface area contributed by atoms with Crippen LogP contribution in [0.5, 0.6) is 11.6 Å². The van der Waals surface area contributed by atoms with Gasteiger partial charge in [-0.3, -0.25) is 4.79 Å². The van der Waals surface area contributed by atoms with Crippen molar-refractivity contribution in [1.82, 2.24) is 15.0 Å². The van der Waals surface area contributed by atoms with Crippen LogP contribution in [0.15, 0.2) is 41.6 Å². The fourth-order valence-electron chi connectivity index (χ4n) is 3.12. The predicted molar refractivity (Wildman–Crippen MR) is 118 cm³/mol. The number of carbonyl (C=O) groups excluding carboxylic acids is 1. The number of carbonyl (C=O) groups is 1. The summed E-state index contributed by atoms with van der Waals surface area (Å²) in [5.74, 6) is 1.29. The van der Waals surface area contributed by atoms with E-state index in [1.165, 1.54) is 13.0 Å². The molecule has 0 saturated heterocycles. The summed E-state index contributed by atoms with van der Waals surface area (Å²) in [5.41, 5.74) is 2.39. The number of nitrogens with one attached hydrogen (secondary N) is 2. The van der Waals surface area contributed by atoms with Crippen LogP contribution in [0.3, 0.4) is 0 Å². The van der Waals surface area contributed by atoms with Gasteiger partial charge in [0.1, 0.15) is 24.8 Å². The van der Waals surface area contributed by atoms with Crippen molar-refractivity contribution in [3.63, 3.8) is 0 Å². The Kier molecular flexibility index (Phi) is 5.66. The van der Waals surface area contributed by atoms with E-state index in [2.05, 4.69) is 25.6 Å². The van der Waals surface area contributed by atoms with E-state index in [-0.39, 0.29) is 10.9 Å². The largest absolute Gasteiger partial charge is 0.484 e. The quantitative estimate of drug-likeness (QED) is 0.596. The van der Waals surface area contributed by atoms with Crippen LogP contribution < -0.4 is 20.1 Å². The number of hydrogen-bond acceptors (Lipinski definition) is 9. The van der Waals surface area contributed by atoms with Crippen LogP contribution in [0.4, 0.5) is 17.3 Å². The number of nitrogens with zero attached hydrogens (tertiary/aromatic N) is 3. The molecule has 11 heteroatoms. The maximum absolute atomic E-state index is 12.0. The van der Waals surface area contributed by atoms with Crippen LogP contribution in [0.2, 0.25) is 0 Å². The standard InChI is InChI=1S/C21H21N5O5S/c1-12-8-19(26-20(9-12)32(3,28)29)24-16-10-18(23-13(2)27)22-11-14(16)15-4-5-17-21(25-15)31-7-6-30-17/h4-5,8-11H,6-7H2,1-3H3,(H2,22,23,24,26,27). The van der Waals surface area contributed by atoms with Gasteiger partial charge in [0.2, 0.25) is 5.91 Å². The summed E-state index contributed by atoms with van der Waals surface area (Å²) >= 11 is 0. The average Bonchev–Trinajstić information content (AvgIpc) is 2.72. The zero-order valence-electron chi connectivity index (χ0n) is 17.7. The molecule has 0 unspecified atom stereocenters. The Labute approximate surface area is 185 Å². The van der Waals surface area contributed by atoms with E-state index >= 15 is 0 Å². The lowest BCUT2D eigenvalue weighted by Gasteiger charge is -2.19. The fraction of sp³-hybridized carbons (Fsp3) is 0.238. The first-order valence-corrected chi connectivity index (χ1v) is 11.6. The third-order valence-electron chi connectivity index (χ3n) is 4.48. The van der Waals surface area contributed by atoms with Crippen molar-refractivity contribution in [3.8, 4) is 22.9 Å². The van der Waals surface area contributed by atoms with Crippen LogP contribution in [-0.2, 0) is 14.6 Å². The van der Waals surface area contributed by atoms with Crippen molar-refractivity contribution in [3.05, 3.63) is 42.1 Å². The highest BCUT2D eigenvalue weighted by Gasteiger charge is 2.18. The van der Waals surface area contributed by atoms with Gasteiger partial charge in [0.25, 0.3) is 5.88 Å². The first kappa shape index (κ1) is 21.5. The smallest absolute Gasteiger partial charge is 0.257 e. The highest BCUT2D eigenvalue weighted by atomic mass is 32.2. The Hall–Kier alpha value is -3.73. The molecule has 4 rings (SSSR count). The molecule has 4 heterocycles. The van der Waals surface area contributed by atoms with Crippen LogP contribution in [0, 0.1) is 6.92 Å². The maximum Gasteiger partial charge on any atom is 0.257 e. The van der Waals surface area contributed by atoms with E-state index < -0.39 is 9.84 Å². The Morgan fingerprint density at radius 3 is 2.59 bits per heavy atom. The summed E-state index contributed by atoms with van der Waals surface area (Å²) in [7, 11) is -3.50. The molecule has 1 aliphatic heterocycles. The van der Waals surface area contributed by atoms with Crippen LogP contribution >= 0.6 is 0 Å². The van der Waals surface area contributed by atoms with Crippen molar-refractivity contribution >= 4 is 33.1 Å². The number of amides is 1. The first-order valence-electron chi connectivity index (χ1n) is 9.69. The number of sulfone groups is 1. The lowest BCUT2D eigenvalue weighted by molar-refractivity contribution is -0.114. The second-order valence-corrected chi connectivity index (χ2v) is 9.22. The number of aromatic nitrogens is 3. The minimum atomic E-state index is -3.50. The van der Waals surface area contributed by atoms with Crippen molar-refractivity contribution in [2.24, 2.45) is 0 Å². The van der Waals surface area contributed by atoms with Gasteiger partial charge in [-0.15, -0.1) is 0 Å². The first-order chi connectivity index (χ1) is 15.2. The molecule has 0 radical (unpaired) electrons. The molecule has 0 saturated carbocycles. The lowest BCUT2D eigenvalue weighted by Crippen LogP contribution is -2.16. The molecule has 0 aromatic carbocycles. The molecular formula is C21H21N5O5S. The molecule has 3 aromatic heterocycles. The van der Waals surface area contributed by atoms with Gasteiger partial charge in [0.15, 0.2) is 20.6 Å². The molecule has 1 aliphatic rings. The Morgan fingerprint density at radius 2 is 1.84 bits per heavy atom. The molecule has 3 aromatic rings. The molecular weight excluding hydrogens is 434 g/mol. The number of ether oxygens (including phenoxy) is 2. The SMILES string of the molecule is CC(=O)Nc1cc(Nc2cc(C)cc(S(C)(=O)=O)n2)c(-c2ccc3c(n2)OCCO3)cn1. The summed E-state index contributed by atoms with van der Waals surface area (Å²) in [6.45, 7) is 4.01. The molecule has 0 atom stereocenters. The molecule has 0 bridgehead atoms. The normalized spacial score (nSPS) is 12.8. The summed E-state index contributed by atoms with van der Waals surface area (Å²) in [5, 5.41) is 5.73. The van der Waals surface area contributed by atoms with Gasteiger partial charge in [0.05, 0.1) is 11.4 Å². The predicted octanol–water partition coefficient (Wildman–Crippen LogP) is 2.72. The van der Waals surface area contributed by atoms with Gasteiger partial charge < -0.3 is 20.1 Å². The average molecular weight is 455 g/mol. The molecule has 32 heavy (non-hydrogen) atoms. The van der Waals surface area contributed by atoms with E-state index in [9.17, 15) is 13.2 Å². The number of hydrogen-bond donors (Lipinski definition) is 2. The third-order valence-corrected chi connectivity index (χ3v) is 5.45. The van der Waals surface area contributed by atoms with Crippen LogP contribution in [-0.4, -0.2) is 48.7 Å². The van der Waals surface area contributed by atoms with E-state index in [1.807, 2.05) is 0 Å². The van der Waals surface area contributed by atoms with Crippen molar-refractivity contribution in [2.45, 2.75) is 18.9 Å². The highest BCUT2D eigenvalue weighted by molar-refractivity contribution is 7.90. The summed E-state index contributed by atoms with van der Waals surface area (Å²) in [4.78, 5) is 24.5. The van der Waals surface area contributed by atoms with Crippen LogP contribution in [0.1, 0.15) is 12.5 Å². The molecule has 0 spiro atoms.